The monoisotopic (exact) mass is 249 g/mol. The summed E-state index contributed by atoms with van der Waals surface area (Å²) in [6.07, 6.45) is 0. The van der Waals surface area contributed by atoms with Crippen molar-refractivity contribution < 1.29 is 9.90 Å². The van der Waals surface area contributed by atoms with Gasteiger partial charge in [-0.3, -0.25) is 10.1 Å². The van der Waals surface area contributed by atoms with Crippen LogP contribution in [0.1, 0.15) is 51.8 Å². The van der Waals surface area contributed by atoms with Crippen molar-refractivity contribution in [3.05, 3.63) is 35.4 Å². The van der Waals surface area contributed by atoms with Gasteiger partial charge in [-0.25, -0.2) is 0 Å². The summed E-state index contributed by atoms with van der Waals surface area (Å²) < 4.78 is 0. The molecule has 100 valence electrons. The fourth-order valence-electron chi connectivity index (χ4n) is 1.82. The molecule has 0 radical (unpaired) electrons. The summed E-state index contributed by atoms with van der Waals surface area (Å²) in [6.45, 7) is 10.3. The summed E-state index contributed by atoms with van der Waals surface area (Å²) in [7, 11) is 0. The van der Waals surface area contributed by atoms with Crippen LogP contribution in [-0.2, 0) is 10.2 Å². The lowest BCUT2D eigenvalue weighted by Crippen LogP contribution is -2.33. The third kappa shape index (κ3) is 3.84. The van der Waals surface area contributed by atoms with Gasteiger partial charge in [-0.05, 0) is 30.4 Å². The molecule has 2 N–H and O–H groups in total. The molecule has 1 unspecified atom stereocenters. The normalized spacial score (nSPS) is 13.7. The minimum absolute atomic E-state index is 0.0860. The van der Waals surface area contributed by atoms with Crippen molar-refractivity contribution >= 4 is 5.97 Å². The Kier molecular flexibility index (Phi) is 4.52. The van der Waals surface area contributed by atoms with Gasteiger partial charge in [0.1, 0.15) is 6.04 Å². The zero-order chi connectivity index (χ0) is 13.9. The summed E-state index contributed by atoms with van der Waals surface area (Å²) >= 11 is 0. The Morgan fingerprint density at radius 3 is 2.00 bits per heavy atom. The Morgan fingerprint density at radius 2 is 1.67 bits per heavy atom. The van der Waals surface area contributed by atoms with E-state index in [0.717, 1.165) is 5.56 Å². The van der Waals surface area contributed by atoms with Crippen molar-refractivity contribution in [3.63, 3.8) is 0 Å². The number of carboxylic acid groups (broad SMARTS) is 1. The average Bonchev–Trinajstić information content (AvgIpc) is 2.24. The summed E-state index contributed by atoms with van der Waals surface area (Å²) in [4.78, 5) is 11.3. The second-order valence-electron chi connectivity index (χ2n) is 5.96. The Labute approximate surface area is 109 Å². The number of carboxylic acids is 1. The molecule has 3 heteroatoms. The summed E-state index contributed by atoms with van der Waals surface area (Å²) in [5, 5.41) is 12.3. The van der Waals surface area contributed by atoms with Crippen molar-refractivity contribution in [1.82, 2.24) is 5.32 Å². The van der Waals surface area contributed by atoms with E-state index in [4.69, 9.17) is 0 Å². The van der Waals surface area contributed by atoms with E-state index < -0.39 is 12.0 Å². The van der Waals surface area contributed by atoms with E-state index in [0.29, 0.717) is 0 Å². The number of benzene rings is 1. The molecule has 0 fully saturated rings. The van der Waals surface area contributed by atoms with Crippen LogP contribution in [0, 0.1) is 0 Å². The molecule has 0 saturated carbocycles. The third-order valence-corrected chi connectivity index (χ3v) is 2.86. The lowest BCUT2D eigenvalue weighted by molar-refractivity contribution is -0.139. The predicted molar refractivity (Wildman–Crippen MR) is 73.8 cm³/mol. The van der Waals surface area contributed by atoms with Crippen LogP contribution in [0.25, 0.3) is 0 Å². The van der Waals surface area contributed by atoms with E-state index in [1.807, 2.05) is 38.1 Å². The van der Waals surface area contributed by atoms with E-state index in [2.05, 4.69) is 26.1 Å². The topological polar surface area (TPSA) is 49.3 Å². The van der Waals surface area contributed by atoms with Gasteiger partial charge in [-0.2, -0.15) is 0 Å². The van der Waals surface area contributed by atoms with Crippen molar-refractivity contribution in [2.45, 2.75) is 52.1 Å². The molecule has 3 nitrogen and oxygen atoms in total. The SMILES string of the molecule is CC(C)NC(C(=O)O)c1ccc(C(C)(C)C)cc1. The van der Waals surface area contributed by atoms with E-state index in [-0.39, 0.29) is 11.5 Å². The first-order chi connectivity index (χ1) is 8.21. The van der Waals surface area contributed by atoms with Crippen LogP contribution in [0.5, 0.6) is 0 Å². The molecule has 0 aliphatic carbocycles. The number of nitrogens with one attached hydrogen (secondary N) is 1. The number of carbonyl (C=O) groups is 1. The maximum Gasteiger partial charge on any atom is 0.325 e. The lowest BCUT2D eigenvalue weighted by atomic mass is 9.86. The zero-order valence-corrected chi connectivity index (χ0v) is 11.8. The summed E-state index contributed by atoms with van der Waals surface area (Å²) in [5.74, 6) is -0.841. The Balaban J connectivity index is 2.98. The van der Waals surface area contributed by atoms with Crippen molar-refractivity contribution in [1.29, 1.82) is 0 Å². The van der Waals surface area contributed by atoms with E-state index in [1.54, 1.807) is 0 Å². The number of rotatable bonds is 4. The average molecular weight is 249 g/mol. The van der Waals surface area contributed by atoms with Gasteiger partial charge >= 0.3 is 5.97 Å². The highest BCUT2D eigenvalue weighted by Crippen LogP contribution is 2.24. The number of hydrogen-bond donors (Lipinski definition) is 2. The Hall–Kier alpha value is -1.35. The molecule has 0 bridgehead atoms. The minimum atomic E-state index is -0.841. The number of hydrogen-bond acceptors (Lipinski definition) is 2. The van der Waals surface area contributed by atoms with Crippen LogP contribution in [0.2, 0.25) is 0 Å². The van der Waals surface area contributed by atoms with Crippen LogP contribution in [0.4, 0.5) is 0 Å². The highest BCUT2D eigenvalue weighted by molar-refractivity contribution is 5.75. The molecule has 1 aromatic carbocycles. The van der Waals surface area contributed by atoms with Crippen LogP contribution in [-0.4, -0.2) is 17.1 Å². The molecule has 1 rings (SSSR count). The lowest BCUT2D eigenvalue weighted by Gasteiger charge is -2.21. The van der Waals surface area contributed by atoms with E-state index in [1.165, 1.54) is 5.56 Å². The molecule has 0 spiro atoms. The van der Waals surface area contributed by atoms with Gasteiger partial charge in [0.05, 0.1) is 0 Å². The molecule has 18 heavy (non-hydrogen) atoms. The van der Waals surface area contributed by atoms with Gasteiger partial charge in [0.2, 0.25) is 0 Å². The second kappa shape index (κ2) is 5.53. The molecule has 0 aliphatic rings. The predicted octanol–water partition coefficient (Wildman–Crippen LogP) is 3.11. The zero-order valence-electron chi connectivity index (χ0n) is 11.8. The number of aliphatic carboxylic acids is 1. The molecule has 1 aromatic rings. The van der Waals surface area contributed by atoms with Crippen molar-refractivity contribution in [2.75, 3.05) is 0 Å². The van der Waals surface area contributed by atoms with Gasteiger partial charge in [-0.15, -0.1) is 0 Å². The molecule has 0 aromatic heterocycles. The Morgan fingerprint density at radius 1 is 1.17 bits per heavy atom. The fourth-order valence-corrected chi connectivity index (χ4v) is 1.82. The maximum atomic E-state index is 11.3. The van der Waals surface area contributed by atoms with Gasteiger partial charge in [-0.1, -0.05) is 45.0 Å². The first kappa shape index (κ1) is 14.7. The van der Waals surface area contributed by atoms with Crippen molar-refractivity contribution in [3.8, 4) is 0 Å². The summed E-state index contributed by atoms with van der Waals surface area (Å²) in [5.41, 5.74) is 2.09. The Bertz CT molecular complexity index is 401. The van der Waals surface area contributed by atoms with Gasteiger partial charge in [0, 0.05) is 6.04 Å². The first-order valence-electron chi connectivity index (χ1n) is 6.31. The van der Waals surface area contributed by atoms with Crippen LogP contribution in [0.15, 0.2) is 24.3 Å². The van der Waals surface area contributed by atoms with E-state index >= 15 is 0 Å². The molecule has 0 amide bonds. The van der Waals surface area contributed by atoms with Gasteiger partial charge < -0.3 is 5.11 Å². The first-order valence-corrected chi connectivity index (χ1v) is 6.31. The summed E-state index contributed by atoms with van der Waals surface area (Å²) in [6, 6.07) is 7.30. The molecule has 1 atom stereocenters. The third-order valence-electron chi connectivity index (χ3n) is 2.86. The molecule has 0 aliphatic heterocycles. The van der Waals surface area contributed by atoms with Gasteiger partial charge in [0.15, 0.2) is 0 Å². The fraction of sp³-hybridized carbons (Fsp3) is 0.533. The minimum Gasteiger partial charge on any atom is -0.480 e. The highest BCUT2D eigenvalue weighted by atomic mass is 16.4. The van der Waals surface area contributed by atoms with Crippen LogP contribution >= 0.6 is 0 Å². The van der Waals surface area contributed by atoms with Crippen LogP contribution < -0.4 is 5.32 Å². The standard InChI is InChI=1S/C15H23NO2/c1-10(2)16-13(14(17)18)11-6-8-12(9-7-11)15(3,4)5/h6-10,13,16H,1-5H3,(H,17,18). The largest absolute Gasteiger partial charge is 0.480 e. The van der Waals surface area contributed by atoms with Crippen LogP contribution in [0.3, 0.4) is 0 Å². The molecule has 0 heterocycles. The van der Waals surface area contributed by atoms with Crippen molar-refractivity contribution in [2.24, 2.45) is 0 Å². The molecular formula is C15H23NO2. The quantitative estimate of drug-likeness (QED) is 0.862. The molecular weight excluding hydrogens is 226 g/mol. The second-order valence-corrected chi connectivity index (χ2v) is 5.96. The maximum absolute atomic E-state index is 11.3. The highest BCUT2D eigenvalue weighted by Gasteiger charge is 2.21. The van der Waals surface area contributed by atoms with Gasteiger partial charge in [0.25, 0.3) is 0 Å². The van der Waals surface area contributed by atoms with E-state index in [9.17, 15) is 9.90 Å². The molecule has 0 saturated heterocycles. The smallest absolute Gasteiger partial charge is 0.325 e.